The Kier molecular flexibility index (Phi) is 3.65. The third kappa shape index (κ3) is 2.43. The van der Waals surface area contributed by atoms with Gasteiger partial charge in [-0.15, -0.1) is 0 Å². The summed E-state index contributed by atoms with van der Waals surface area (Å²) >= 11 is 0. The van der Waals surface area contributed by atoms with E-state index in [2.05, 4.69) is 13.8 Å². The van der Waals surface area contributed by atoms with Gasteiger partial charge >= 0.3 is 0 Å². The smallest absolute Gasteiger partial charge is 0.198 e. The number of ketones is 2. The molecule has 124 valence electrons. The van der Waals surface area contributed by atoms with Crippen molar-refractivity contribution in [3.8, 4) is 11.3 Å². The molecule has 1 aliphatic carbocycles. The van der Waals surface area contributed by atoms with E-state index >= 15 is 0 Å². The summed E-state index contributed by atoms with van der Waals surface area (Å²) < 4.78 is 6.09. The quantitative estimate of drug-likeness (QED) is 0.535. The van der Waals surface area contributed by atoms with E-state index < -0.39 is 0 Å². The molecule has 1 aromatic heterocycles. The predicted molar refractivity (Wildman–Crippen MR) is 96.0 cm³/mol. The zero-order valence-corrected chi connectivity index (χ0v) is 14.2. The Hall–Kier alpha value is -2.94. The summed E-state index contributed by atoms with van der Waals surface area (Å²) in [6, 6.07) is 16.5. The molecule has 3 nitrogen and oxygen atoms in total. The van der Waals surface area contributed by atoms with Crippen LogP contribution in [0.3, 0.4) is 0 Å². The number of carbonyl (C=O) groups is 2. The van der Waals surface area contributed by atoms with E-state index in [1.165, 1.54) is 0 Å². The number of fused-ring (bicyclic) bond motifs is 2. The van der Waals surface area contributed by atoms with Crippen LogP contribution in [0, 0.1) is 5.92 Å². The molecule has 1 heterocycles. The van der Waals surface area contributed by atoms with Gasteiger partial charge in [-0.05, 0) is 5.92 Å². The molecule has 0 unspecified atom stereocenters. The maximum absolute atomic E-state index is 13.1. The van der Waals surface area contributed by atoms with Crippen molar-refractivity contribution in [1.82, 2.24) is 0 Å². The lowest BCUT2D eigenvalue weighted by Gasteiger charge is -2.15. The van der Waals surface area contributed by atoms with E-state index in [4.69, 9.17) is 4.42 Å². The van der Waals surface area contributed by atoms with Crippen molar-refractivity contribution in [3.05, 3.63) is 82.6 Å². The molecule has 3 aromatic rings. The predicted octanol–water partition coefficient (Wildman–Crippen LogP) is 4.92. The first-order valence-corrected chi connectivity index (χ1v) is 8.47. The standard InChI is InChI=1S/C22H18O3/c1-13(2)12-17-18-19(22(25-17)14-8-4-3-5-9-14)21(24)16-11-7-6-10-15(16)20(18)23/h3-11,13H,12H2,1-2H3. The molecule has 3 heteroatoms. The van der Waals surface area contributed by atoms with Crippen molar-refractivity contribution in [2.45, 2.75) is 20.3 Å². The topological polar surface area (TPSA) is 47.3 Å². The number of benzene rings is 2. The van der Waals surface area contributed by atoms with E-state index in [0.29, 0.717) is 46.1 Å². The van der Waals surface area contributed by atoms with E-state index in [1.807, 2.05) is 30.3 Å². The molecular weight excluding hydrogens is 312 g/mol. The van der Waals surface area contributed by atoms with Gasteiger partial charge in [0.05, 0.1) is 11.1 Å². The Balaban J connectivity index is 2.00. The fourth-order valence-corrected chi connectivity index (χ4v) is 3.39. The largest absolute Gasteiger partial charge is 0.459 e. The summed E-state index contributed by atoms with van der Waals surface area (Å²) in [6.07, 6.45) is 0.621. The van der Waals surface area contributed by atoms with E-state index in [-0.39, 0.29) is 11.6 Å². The Morgan fingerprint density at radius 2 is 1.36 bits per heavy atom. The molecule has 1 aliphatic rings. The normalized spacial score (nSPS) is 13.1. The number of rotatable bonds is 3. The fraction of sp³-hybridized carbons (Fsp3) is 0.182. The summed E-state index contributed by atoms with van der Waals surface area (Å²) in [7, 11) is 0. The van der Waals surface area contributed by atoms with Crippen LogP contribution in [0.2, 0.25) is 0 Å². The maximum atomic E-state index is 13.1. The van der Waals surface area contributed by atoms with Crippen molar-refractivity contribution in [2.75, 3.05) is 0 Å². The van der Waals surface area contributed by atoms with Crippen molar-refractivity contribution in [2.24, 2.45) is 5.92 Å². The lowest BCUT2D eigenvalue weighted by atomic mass is 9.82. The third-order valence-electron chi connectivity index (χ3n) is 4.48. The minimum atomic E-state index is -0.136. The van der Waals surface area contributed by atoms with Crippen molar-refractivity contribution >= 4 is 11.6 Å². The Bertz CT molecular complexity index is 978. The molecule has 0 saturated heterocycles. The monoisotopic (exact) mass is 330 g/mol. The fourth-order valence-electron chi connectivity index (χ4n) is 3.39. The molecule has 25 heavy (non-hydrogen) atoms. The summed E-state index contributed by atoms with van der Waals surface area (Å²) in [5, 5.41) is 0. The third-order valence-corrected chi connectivity index (χ3v) is 4.48. The number of furan rings is 1. The first-order chi connectivity index (χ1) is 12.1. The second-order valence-corrected chi connectivity index (χ2v) is 6.77. The van der Waals surface area contributed by atoms with Crippen molar-refractivity contribution < 1.29 is 14.0 Å². The van der Waals surface area contributed by atoms with Gasteiger partial charge in [0, 0.05) is 23.1 Å². The Labute approximate surface area is 146 Å². The van der Waals surface area contributed by atoms with E-state index in [9.17, 15) is 9.59 Å². The molecule has 2 aromatic carbocycles. The lowest BCUT2D eigenvalue weighted by molar-refractivity contribution is 0.0979. The zero-order valence-electron chi connectivity index (χ0n) is 14.2. The van der Waals surface area contributed by atoms with Gasteiger partial charge in [-0.25, -0.2) is 0 Å². The highest BCUT2D eigenvalue weighted by Gasteiger charge is 2.37. The average molecular weight is 330 g/mol. The summed E-state index contributed by atoms with van der Waals surface area (Å²) in [5.74, 6) is 1.17. The summed E-state index contributed by atoms with van der Waals surface area (Å²) in [4.78, 5) is 26.2. The van der Waals surface area contributed by atoms with Crippen LogP contribution in [0.1, 0.15) is 51.5 Å². The van der Waals surface area contributed by atoms with Crippen LogP contribution >= 0.6 is 0 Å². The molecule has 0 bridgehead atoms. The zero-order chi connectivity index (χ0) is 17.6. The Morgan fingerprint density at radius 3 is 1.96 bits per heavy atom. The molecule has 0 aliphatic heterocycles. The van der Waals surface area contributed by atoms with Gasteiger partial charge in [-0.1, -0.05) is 68.4 Å². The second-order valence-electron chi connectivity index (χ2n) is 6.77. The van der Waals surface area contributed by atoms with Gasteiger partial charge in [0.25, 0.3) is 0 Å². The highest BCUT2D eigenvalue weighted by molar-refractivity contribution is 6.30. The first-order valence-electron chi connectivity index (χ1n) is 8.47. The molecule has 4 rings (SSSR count). The van der Waals surface area contributed by atoms with Crippen molar-refractivity contribution in [3.63, 3.8) is 0 Å². The maximum Gasteiger partial charge on any atom is 0.198 e. The van der Waals surface area contributed by atoms with Crippen LogP contribution < -0.4 is 0 Å². The van der Waals surface area contributed by atoms with Crippen LogP contribution in [0.4, 0.5) is 0 Å². The van der Waals surface area contributed by atoms with Gasteiger partial charge in [0.1, 0.15) is 11.5 Å². The van der Waals surface area contributed by atoms with Crippen LogP contribution in [-0.2, 0) is 6.42 Å². The van der Waals surface area contributed by atoms with Gasteiger partial charge in [0.15, 0.2) is 11.6 Å². The highest BCUT2D eigenvalue weighted by atomic mass is 16.3. The van der Waals surface area contributed by atoms with Gasteiger partial charge in [-0.2, -0.15) is 0 Å². The summed E-state index contributed by atoms with van der Waals surface area (Å²) in [6.45, 7) is 4.14. The molecule has 0 radical (unpaired) electrons. The number of hydrogen-bond donors (Lipinski definition) is 0. The second kappa shape index (κ2) is 5.85. The molecule has 0 atom stereocenters. The number of hydrogen-bond acceptors (Lipinski definition) is 3. The molecular formula is C22H18O3. The van der Waals surface area contributed by atoms with Crippen molar-refractivity contribution in [1.29, 1.82) is 0 Å². The van der Waals surface area contributed by atoms with E-state index in [0.717, 1.165) is 5.56 Å². The minimum absolute atomic E-state index is 0.119. The van der Waals surface area contributed by atoms with Crippen LogP contribution in [0.5, 0.6) is 0 Å². The highest BCUT2D eigenvalue weighted by Crippen LogP contribution is 2.39. The lowest BCUT2D eigenvalue weighted by Crippen LogP contribution is -2.21. The average Bonchev–Trinajstić information content (AvgIpc) is 2.99. The van der Waals surface area contributed by atoms with Gasteiger partial charge in [0.2, 0.25) is 0 Å². The Morgan fingerprint density at radius 1 is 0.800 bits per heavy atom. The molecule has 0 amide bonds. The van der Waals surface area contributed by atoms with E-state index in [1.54, 1.807) is 24.3 Å². The van der Waals surface area contributed by atoms with Gasteiger partial charge < -0.3 is 4.42 Å². The molecule has 0 saturated carbocycles. The minimum Gasteiger partial charge on any atom is -0.459 e. The van der Waals surface area contributed by atoms with Crippen LogP contribution in [-0.4, -0.2) is 11.6 Å². The number of carbonyl (C=O) groups excluding carboxylic acids is 2. The molecule has 0 N–H and O–H groups in total. The van der Waals surface area contributed by atoms with Crippen LogP contribution in [0.25, 0.3) is 11.3 Å². The van der Waals surface area contributed by atoms with Gasteiger partial charge in [-0.3, -0.25) is 9.59 Å². The molecule has 0 fully saturated rings. The molecule has 0 spiro atoms. The summed E-state index contributed by atoms with van der Waals surface area (Å²) in [5.41, 5.74) is 2.58. The first kappa shape index (κ1) is 15.6. The SMILES string of the molecule is CC(C)Cc1oc(-c2ccccc2)c2c1C(=O)c1ccccc1C2=O. The van der Waals surface area contributed by atoms with Crippen LogP contribution in [0.15, 0.2) is 59.0 Å².